The van der Waals surface area contributed by atoms with Gasteiger partial charge in [-0.1, -0.05) is 54.1 Å². The van der Waals surface area contributed by atoms with Crippen LogP contribution in [0.2, 0.25) is 0 Å². The molecule has 0 aliphatic rings. The van der Waals surface area contributed by atoms with Crippen LogP contribution in [-0.2, 0) is 16.0 Å². The Hall–Kier alpha value is -2.59. The molecule has 0 saturated heterocycles. The second kappa shape index (κ2) is 8.49. The lowest BCUT2D eigenvalue weighted by Gasteiger charge is -2.09. The van der Waals surface area contributed by atoms with Gasteiger partial charge in [-0.05, 0) is 42.7 Å². The molecule has 4 nitrogen and oxygen atoms in total. The molecule has 0 fully saturated rings. The molecule has 2 N–H and O–H groups in total. The predicted molar refractivity (Wildman–Crippen MR) is 100 cm³/mol. The molecule has 2 aromatic carbocycles. The highest BCUT2D eigenvalue weighted by Gasteiger charge is 2.12. The quantitative estimate of drug-likeness (QED) is 0.595. The fraction of sp³-hybridized carbons (Fsp3) is 0.200. The summed E-state index contributed by atoms with van der Waals surface area (Å²) in [5.74, 6) is -1.36. The van der Waals surface area contributed by atoms with Crippen molar-refractivity contribution >= 4 is 34.2 Å². The van der Waals surface area contributed by atoms with Gasteiger partial charge >= 0.3 is 5.97 Å². The largest absolute Gasteiger partial charge is 0.478 e. The summed E-state index contributed by atoms with van der Waals surface area (Å²) in [5.41, 5.74) is 1.31. The van der Waals surface area contributed by atoms with Crippen molar-refractivity contribution in [3.63, 3.8) is 0 Å². The molecule has 0 heterocycles. The second-order valence-electron chi connectivity index (χ2n) is 5.80. The zero-order valence-corrected chi connectivity index (χ0v) is 14.9. The maximum Gasteiger partial charge on any atom is 0.337 e. The van der Waals surface area contributed by atoms with Crippen LogP contribution < -0.4 is 5.32 Å². The van der Waals surface area contributed by atoms with Crippen molar-refractivity contribution in [1.29, 1.82) is 0 Å². The van der Waals surface area contributed by atoms with Gasteiger partial charge < -0.3 is 10.4 Å². The summed E-state index contributed by atoms with van der Waals surface area (Å²) in [5, 5.41) is 14.5. The van der Waals surface area contributed by atoms with Crippen molar-refractivity contribution in [3.8, 4) is 0 Å². The molecule has 25 heavy (non-hydrogen) atoms. The van der Waals surface area contributed by atoms with Gasteiger partial charge in [0.15, 0.2) is 0 Å². The monoisotopic (exact) mass is 357 g/mol. The Morgan fingerprint density at radius 2 is 1.80 bits per heavy atom. The van der Waals surface area contributed by atoms with Crippen molar-refractivity contribution in [2.75, 3.05) is 0 Å². The maximum atomic E-state index is 12.1. The fourth-order valence-electron chi connectivity index (χ4n) is 2.52. The van der Waals surface area contributed by atoms with E-state index < -0.39 is 5.97 Å². The molecule has 0 aliphatic carbocycles. The zero-order chi connectivity index (χ0) is 18.4. The van der Waals surface area contributed by atoms with E-state index in [-0.39, 0.29) is 23.6 Å². The van der Waals surface area contributed by atoms with Crippen molar-refractivity contribution in [1.82, 2.24) is 5.32 Å². The van der Waals surface area contributed by atoms with Crippen LogP contribution in [0.3, 0.4) is 0 Å². The van der Waals surface area contributed by atoms with Gasteiger partial charge in [-0.3, -0.25) is 4.79 Å². The molecule has 5 heteroatoms. The number of nitrogens with one attached hydrogen (secondary N) is 1. The number of benzene rings is 2. The molecule has 2 rings (SSSR count). The number of hydrogen-bond donors (Lipinski definition) is 2. The molecular formula is C20H20ClNO3. The summed E-state index contributed by atoms with van der Waals surface area (Å²) in [6.07, 6.45) is 2.17. The average molecular weight is 358 g/mol. The molecule has 0 unspecified atom stereocenters. The lowest BCUT2D eigenvalue weighted by atomic mass is 10.0. The van der Waals surface area contributed by atoms with Crippen LogP contribution in [0.1, 0.15) is 25.8 Å². The lowest BCUT2D eigenvalue weighted by molar-refractivity contribution is -0.132. The molecule has 0 atom stereocenters. The van der Waals surface area contributed by atoms with Gasteiger partial charge in [-0.25, -0.2) is 4.79 Å². The van der Waals surface area contributed by atoms with Crippen molar-refractivity contribution in [2.24, 2.45) is 0 Å². The first-order valence-corrected chi connectivity index (χ1v) is 8.30. The Balaban J connectivity index is 2.03. The number of aliphatic carboxylic acids is 1. The third-order valence-electron chi connectivity index (χ3n) is 3.76. The van der Waals surface area contributed by atoms with Crippen molar-refractivity contribution < 1.29 is 14.7 Å². The zero-order valence-electron chi connectivity index (χ0n) is 14.2. The fourth-order valence-corrected chi connectivity index (χ4v) is 2.63. The SMILES string of the molecule is C/C(NC(=O)CCc1ccc2ccccc2c1)=C(\C=C(/C)Cl)C(=O)O. The van der Waals surface area contributed by atoms with E-state index in [4.69, 9.17) is 11.6 Å². The van der Waals surface area contributed by atoms with Crippen LogP contribution in [0.5, 0.6) is 0 Å². The van der Waals surface area contributed by atoms with Gasteiger partial charge in [0, 0.05) is 17.2 Å². The van der Waals surface area contributed by atoms with Gasteiger partial charge in [0.05, 0.1) is 5.57 Å². The number of carboxylic acid groups (broad SMARTS) is 1. The van der Waals surface area contributed by atoms with E-state index in [1.54, 1.807) is 13.8 Å². The first-order valence-electron chi connectivity index (χ1n) is 7.92. The Labute approximate surface area is 151 Å². The molecular weight excluding hydrogens is 338 g/mol. The van der Waals surface area contributed by atoms with E-state index in [9.17, 15) is 14.7 Å². The number of carboxylic acids is 1. The van der Waals surface area contributed by atoms with Gasteiger partial charge in [-0.2, -0.15) is 0 Å². The van der Waals surface area contributed by atoms with Crippen molar-refractivity contribution in [3.05, 3.63) is 70.4 Å². The van der Waals surface area contributed by atoms with E-state index in [1.165, 1.54) is 6.08 Å². The summed E-state index contributed by atoms with van der Waals surface area (Å²) in [6, 6.07) is 14.1. The van der Waals surface area contributed by atoms with E-state index in [0.29, 0.717) is 11.5 Å². The van der Waals surface area contributed by atoms with Gasteiger partial charge in [0.25, 0.3) is 0 Å². The van der Waals surface area contributed by atoms with Gasteiger partial charge in [0.1, 0.15) is 0 Å². The Morgan fingerprint density at radius 3 is 2.44 bits per heavy atom. The molecule has 0 bridgehead atoms. The van der Waals surface area contributed by atoms with E-state index in [0.717, 1.165) is 16.3 Å². The minimum atomic E-state index is -1.13. The number of carbonyl (C=O) groups excluding carboxylic acids is 1. The number of carbonyl (C=O) groups is 2. The molecule has 130 valence electrons. The number of aryl methyl sites for hydroxylation is 1. The normalized spacial score (nSPS) is 12.7. The maximum absolute atomic E-state index is 12.1. The highest BCUT2D eigenvalue weighted by Crippen LogP contribution is 2.17. The number of amides is 1. The van der Waals surface area contributed by atoms with Gasteiger partial charge in [-0.15, -0.1) is 0 Å². The molecule has 1 amide bonds. The second-order valence-corrected chi connectivity index (χ2v) is 6.40. The highest BCUT2D eigenvalue weighted by atomic mass is 35.5. The van der Waals surface area contributed by atoms with Crippen LogP contribution in [0.15, 0.2) is 64.8 Å². The first-order chi connectivity index (χ1) is 11.9. The van der Waals surface area contributed by atoms with Crippen molar-refractivity contribution in [2.45, 2.75) is 26.7 Å². The predicted octanol–water partition coefficient (Wildman–Crippen LogP) is 4.39. The summed E-state index contributed by atoms with van der Waals surface area (Å²) in [6.45, 7) is 3.13. The van der Waals surface area contributed by atoms with Crippen LogP contribution in [0, 0.1) is 0 Å². The summed E-state index contributed by atoms with van der Waals surface area (Å²) in [7, 11) is 0. The summed E-state index contributed by atoms with van der Waals surface area (Å²) >= 11 is 5.74. The third-order valence-corrected chi connectivity index (χ3v) is 3.87. The van der Waals surface area contributed by atoms with E-state index in [2.05, 4.69) is 11.4 Å². The summed E-state index contributed by atoms with van der Waals surface area (Å²) < 4.78 is 0. The number of rotatable bonds is 6. The molecule has 0 aliphatic heterocycles. The highest BCUT2D eigenvalue weighted by molar-refractivity contribution is 6.29. The number of hydrogen-bond acceptors (Lipinski definition) is 2. The van der Waals surface area contributed by atoms with E-state index >= 15 is 0 Å². The van der Waals surface area contributed by atoms with Crippen LogP contribution in [0.25, 0.3) is 10.8 Å². The Bertz CT molecular complexity index is 864. The first kappa shape index (κ1) is 18.7. The Kier molecular flexibility index (Phi) is 6.37. The molecule has 0 aromatic heterocycles. The van der Waals surface area contributed by atoms with Crippen LogP contribution in [-0.4, -0.2) is 17.0 Å². The smallest absolute Gasteiger partial charge is 0.337 e. The van der Waals surface area contributed by atoms with E-state index in [1.807, 2.05) is 36.4 Å². The molecule has 0 spiro atoms. The number of fused-ring (bicyclic) bond motifs is 1. The lowest BCUT2D eigenvalue weighted by Crippen LogP contribution is -2.24. The minimum absolute atomic E-state index is 0.0217. The Morgan fingerprint density at radius 1 is 1.12 bits per heavy atom. The minimum Gasteiger partial charge on any atom is -0.478 e. The number of allylic oxidation sites excluding steroid dienone is 2. The van der Waals surface area contributed by atoms with Crippen LogP contribution >= 0.6 is 11.6 Å². The standard InChI is InChI=1S/C20H20ClNO3/c1-13(21)11-18(20(24)25)14(2)22-19(23)10-8-15-7-9-16-5-3-4-6-17(16)12-15/h3-7,9,11-12H,8,10H2,1-2H3,(H,22,23)(H,24,25)/b13-11+,18-14-. The summed E-state index contributed by atoms with van der Waals surface area (Å²) in [4.78, 5) is 23.4. The number of halogens is 1. The topological polar surface area (TPSA) is 66.4 Å². The average Bonchev–Trinajstić information content (AvgIpc) is 2.57. The molecule has 0 radical (unpaired) electrons. The van der Waals surface area contributed by atoms with Crippen LogP contribution in [0.4, 0.5) is 0 Å². The molecule has 0 saturated carbocycles. The van der Waals surface area contributed by atoms with Gasteiger partial charge in [0.2, 0.25) is 5.91 Å². The molecule has 2 aromatic rings. The third kappa shape index (κ3) is 5.47.